The number of halogens is 3. The van der Waals surface area contributed by atoms with Gasteiger partial charge >= 0.3 is 0 Å². The maximum absolute atomic E-state index is 13.5. The van der Waals surface area contributed by atoms with E-state index in [0.29, 0.717) is 42.7 Å². The van der Waals surface area contributed by atoms with Crippen LogP contribution in [0.15, 0.2) is 54.6 Å². The predicted molar refractivity (Wildman–Crippen MR) is 165 cm³/mol. The SMILES string of the molecule is C=CCCC(=O)N(Cc1ccc(Cl)cc1Cl)C1CC(C(=O)NCCO)=CC(Oc2c(I)cc(CO)cc2OC)C1O. The lowest BCUT2D eigenvalue weighted by atomic mass is 9.87. The van der Waals surface area contributed by atoms with Gasteiger partial charge in [-0.2, -0.15) is 0 Å². The molecule has 3 unspecified atom stereocenters. The van der Waals surface area contributed by atoms with Crippen LogP contribution in [0.4, 0.5) is 0 Å². The summed E-state index contributed by atoms with van der Waals surface area (Å²) in [5, 5.41) is 33.9. The third-order valence-electron chi connectivity index (χ3n) is 6.58. The van der Waals surface area contributed by atoms with Crippen LogP contribution >= 0.6 is 45.8 Å². The van der Waals surface area contributed by atoms with E-state index in [9.17, 15) is 24.9 Å². The number of aliphatic hydroxyl groups is 3. The lowest BCUT2D eigenvalue weighted by Gasteiger charge is -2.41. The fourth-order valence-corrected chi connectivity index (χ4v) is 5.75. The Bertz CT molecular complexity index is 1290. The summed E-state index contributed by atoms with van der Waals surface area (Å²) in [6.45, 7) is 3.33. The number of amides is 2. The Morgan fingerprint density at radius 2 is 2.00 bits per heavy atom. The molecule has 12 heteroatoms. The van der Waals surface area contributed by atoms with E-state index in [1.165, 1.54) is 18.1 Å². The Balaban J connectivity index is 2.06. The van der Waals surface area contributed by atoms with Crippen LogP contribution in [0.5, 0.6) is 11.5 Å². The second kappa shape index (κ2) is 15.8. The molecule has 3 atom stereocenters. The first-order valence-corrected chi connectivity index (χ1v) is 14.7. The minimum absolute atomic E-state index is 0.0288. The van der Waals surface area contributed by atoms with Gasteiger partial charge in [0.15, 0.2) is 11.5 Å². The largest absolute Gasteiger partial charge is 0.493 e. The standard InChI is InChI=1S/C29H33Cl2IN2O7/c1-3-4-5-26(37)34(15-18-6-7-20(30)14-21(18)31)23-12-19(29(39)33-8-9-35)13-24(27(23)38)41-28-22(32)10-17(16-36)11-25(28)40-2/h3,6-7,10-11,13-14,23-24,27,35-36,38H,1,4-5,8-9,12,15-16H2,2H3,(H,33,39). The molecule has 0 saturated carbocycles. The third kappa shape index (κ3) is 8.59. The number of benzene rings is 2. The lowest BCUT2D eigenvalue weighted by Crippen LogP contribution is -2.54. The zero-order valence-electron chi connectivity index (χ0n) is 22.5. The van der Waals surface area contributed by atoms with Crippen molar-refractivity contribution in [2.75, 3.05) is 20.3 Å². The van der Waals surface area contributed by atoms with Crippen LogP contribution in [0.2, 0.25) is 10.0 Å². The molecule has 0 fully saturated rings. The van der Waals surface area contributed by atoms with Gasteiger partial charge in [-0.05, 0) is 70.5 Å². The summed E-state index contributed by atoms with van der Waals surface area (Å²) in [6, 6.07) is 7.42. The first-order chi connectivity index (χ1) is 19.6. The highest BCUT2D eigenvalue weighted by Gasteiger charge is 2.41. The summed E-state index contributed by atoms with van der Waals surface area (Å²) in [5.41, 5.74) is 1.51. The van der Waals surface area contributed by atoms with E-state index >= 15 is 0 Å². The summed E-state index contributed by atoms with van der Waals surface area (Å²) < 4.78 is 12.4. The maximum atomic E-state index is 13.5. The average molecular weight is 719 g/mol. The molecule has 0 heterocycles. The molecule has 4 N–H and O–H groups in total. The fourth-order valence-electron chi connectivity index (χ4n) is 4.49. The summed E-state index contributed by atoms with van der Waals surface area (Å²) >= 11 is 14.6. The Labute approximate surface area is 262 Å². The molecule has 222 valence electrons. The van der Waals surface area contributed by atoms with Gasteiger partial charge in [0.2, 0.25) is 11.8 Å². The number of carbonyl (C=O) groups excluding carboxylic acids is 2. The van der Waals surface area contributed by atoms with Crippen molar-refractivity contribution in [3.05, 3.63) is 79.4 Å². The number of nitrogens with one attached hydrogen (secondary N) is 1. The highest BCUT2D eigenvalue weighted by Crippen LogP contribution is 2.37. The first-order valence-electron chi connectivity index (χ1n) is 12.9. The average Bonchev–Trinajstić information content (AvgIpc) is 2.96. The van der Waals surface area contributed by atoms with E-state index in [0.717, 1.165) is 0 Å². The number of hydrogen-bond acceptors (Lipinski definition) is 7. The van der Waals surface area contributed by atoms with Crippen molar-refractivity contribution in [3.63, 3.8) is 0 Å². The van der Waals surface area contributed by atoms with Gasteiger partial charge in [0.25, 0.3) is 0 Å². The molecule has 0 saturated heterocycles. The predicted octanol–water partition coefficient (Wildman–Crippen LogP) is 4.01. The zero-order valence-corrected chi connectivity index (χ0v) is 26.2. The van der Waals surface area contributed by atoms with Crippen molar-refractivity contribution in [2.45, 2.75) is 50.7 Å². The molecule has 9 nitrogen and oxygen atoms in total. The molecular formula is C29H33Cl2IN2O7. The van der Waals surface area contributed by atoms with Crippen LogP contribution in [-0.2, 0) is 22.7 Å². The molecule has 0 radical (unpaired) electrons. The summed E-state index contributed by atoms with van der Waals surface area (Å²) in [5.74, 6) is -0.0755. The summed E-state index contributed by atoms with van der Waals surface area (Å²) in [4.78, 5) is 28.1. The number of ether oxygens (including phenoxy) is 2. The first kappa shape index (κ1) is 33.2. The topological polar surface area (TPSA) is 129 Å². The maximum Gasteiger partial charge on any atom is 0.247 e. The molecule has 2 aromatic rings. The Kier molecular flexibility index (Phi) is 12.7. The molecular weight excluding hydrogens is 686 g/mol. The molecule has 3 rings (SSSR count). The number of methoxy groups -OCH3 is 1. The van der Waals surface area contributed by atoms with Gasteiger partial charge in [0.1, 0.15) is 12.2 Å². The number of hydrogen-bond donors (Lipinski definition) is 4. The van der Waals surface area contributed by atoms with Crippen LogP contribution in [-0.4, -0.2) is 70.5 Å². The number of nitrogens with zero attached hydrogens (tertiary/aromatic N) is 1. The molecule has 0 aliphatic heterocycles. The number of rotatable bonds is 13. The smallest absolute Gasteiger partial charge is 0.247 e. The van der Waals surface area contributed by atoms with Crippen LogP contribution in [0.3, 0.4) is 0 Å². The van der Waals surface area contributed by atoms with Crippen LogP contribution in [0.1, 0.15) is 30.4 Å². The van der Waals surface area contributed by atoms with Crippen molar-refractivity contribution >= 4 is 57.6 Å². The second-order valence-electron chi connectivity index (χ2n) is 9.37. The molecule has 2 amide bonds. The van der Waals surface area contributed by atoms with Crippen molar-refractivity contribution in [2.24, 2.45) is 0 Å². The number of aliphatic hydroxyl groups excluding tert-OH is 3. The van der Waals surface area contributed by atoms with E-state index in [4.69, 9.17) is 32.7 Å². The van der Waals surface area contributed by atoms with E-state index in [1.54, 1.807) is 36.4 Å². The molecule has 0 aromatic heterocycles. The lowest BCUT2D eigenvalue weighted by molar-refractivity contribution is -0.139. The molecule has 41 heavy (non-hydrogen) atoms. The number of allylic oxidation sites excluding steroid dienone is 1. The normalized spacial score (nSPS) is 18.3. The van der Waals surface area contributed by atoms with Gasteiger partial charge in [-0.1, -0.05) is 35.3 Å². The monoisotopic (exact) mass is 718 g/mol. The van der Waals surface area contributed by atoms with Gasteiger partial charge in [-0.25, -0.2) is 0 Å². The molecule has 0 spiro atoms. The van der Waals surface area contributed by atoms with E-state index in [2.05, 4.69) is 11.9 Å². The Morgan fingerprint density at radius 3 is 2.63 bits per heavy atom. The summed E-state index contributed by atoms with van der Waals surface area (Å²) in [6.07, 6.45) is 1.42. The van der Waals surface area contributed by atoms with Crippen molar-refractivity contribution in [3.8, 4) is 11.5 Å². The highest BCUT2D eigenvalue weighted by molar-refractivity contribution is 14.1. The molecule has 0 bridgehead atoms. The molecule has 1 aliphatic carbocycles. The molecule has 1 aliphatic rings. The van der Waals surface area contributed by atoms with Crippen LogP contribution in [0, 0.1) is 3.57 Å². The minimum Gasteiger partial charge on any atom is -0.493 e. The Hall–Kier alpha value is -2.35. The van der Waals surface area contributed by atoms with Gasteiger partial charge in [-0.15, -0.1) is 6.58 Å². The van der Waals surface area contributed by atoms with E-state index in [-0.39, 0.29) is 50.6 Å². The van der Waals surface area contributed by atoms with Crippen LogP contribution < -0.4 is 14.8 Å². The van der Waals surface area contributed by atoms with Gasteiger partial charge < -0.3 is 35.0 Å². The van der Waals surface area contributed by atoms with Crippen LogP contribution in [0.25, 0.3) is 0 Å². The van der Waals surface area contributed by atoms with Crippen molar-refractivity contribution < 1.29 is 34.4 Å². The van der Waals surface area contributed by atoms with Crippen molar-refractivity contribution in [1.29, 1.82) is 0 Å². The fraction of sp³-hybridized carbons (Fsp3) is 0.379. The van der Waals surface area contributed by atoms with Gasteiger partial charge in [0.05, 0.1) is 29.9 Å². The van der Waals surface area contributed by atoms with Crippen molar-refractivity contribution in [1.82, 2.24) is 10.2 Å². The third-order valence-corrected chi connectivity index (χ3v) is 7.97. The van der Waals surface area contributed by atoms with Gasteiger partial charge in [-0.3, -0.25) is 9.59 Å². The zero-order chi connectivity index (χ0) is 30.1. The summed E-state index contributed by atoms with van der Waals surface area (Å²) in [7, 11) is 1.46. The Morgan fingerprint density at radius 1 is 1.24 bits per heavy atom. The molecule has 2 aromatic carbocycles. The minimum atomic E-state index is -1.25. The van der Waals surface area contributed by atoms with Gasteiger partial charge in [0, 0.05) is 41.5 Å². The highest BCUT2D eigenvalue weighted by atomic mass is 127. The second-order valence-corrected chi connectivity index (χ2v) is 11.4. The van der Waals surface area contributed by atoms with E-state index < -0.39 is 24.2 Å². The number of carbonyl (C=O) groups is 2. The quantitative estimate of drug-likeness (QED) is 0.182. The van der Waals surface area contributed by atoms with E-state index in [1.807, 2.05) is 22.6 Å².